The molecule has 0 bridgehead atoms. The third kappa shape index (κ3) is 5.94. The van der Waals surface area contributed by atoms with E-state index in [2.05, 4.69) is 30.1 Å². The third-order valence-corrected chi connectivity index (χ3v) is 3.44. The number of hydrogen-bond donors (Lipinski definition) is 1. The molecule has 0 aliphatic rings. The molecule has 0 aliphatic carbocycles. The molecule has 1 aromatic rings. The maximum absolute atomic E-state index is 12.1. The second-order valence-corrected chi connectivity index (χ2v) is 4.96. The molecule has 0 saturated carbocycles. The Morgan fingerprint density at radius 3 is 2.62 bits per heavy atom. The molecule has 1 amide bonds. The lowest BCUT2D eigenvalue weighted by molar-refractivity contribution is -0.118. The van der Waals surface area contributed by atoms with Gasteiger partial charge >= 0.3 is 0 Å². The van der Waals surface area contributed by atoms with E-state index in [1.165, 1.54) is 0 Å². The van der Waals surface area contributed by atoms with Gasteiger partial charge in [0, 0.05) is 25.4 Å². The van der Waals surface area contributed by atoms with Gasteiger partial charge in [0.25, 0.3) is 0 Å². The highest BCUT2D eigenvalue weighted by Crippen LogP contribution is 2.09. The van der Waals surface area contributed by atoms with Crippen molar-refractivity contribution in [1.29, 1.82) is 5.26 Å². The minimum atomic E-state index is -0.0592. The SMILES string of the molecule is CCC(C)N(CCOC)CC(=O)Nc1ccc(C#N)cc1. The summed E-state index contributed by atoms with van der Waals surface area (Å²) in [5, 5.41) is 11.6. The number of rotatable bonds is 8. The van der Waals surface area contributed by atoms with Crippen LogP contribution in [0.1, 0.15) is 25.8 Å². The van der Waals surface area contributed by atoms with E-state index in [0.717, 1.165) is 13.0 Å². The van der Waals surface area contributed by atoms with Crippen molar-refractivity contribution in [1.82, 2.24) is 4.90 Å². The zero-order chi connectivity index (χ0) is 15.7. The van der Waals surface area contributed by atoms with Crippen molar-refractivity contribution >= 4 is 11.6 Å². The van der Waals surface area contributed by atoms with Crippen LogP contribution >= 0.6 is 0 Å². The summed E-state index contributed by atoms with van der Waals surface area (Å²) in [6.45, 7) is 5.87. The summed E-state index contributed by atoms with van der Waals surface area (Å²) in [4.78, 5) is 14.2. The Morgan fingerprint density at radius 1 is 1.43 bits per heavy atom. The molecule has 5 nitrogen and oxygen atoms in total. The first kappa shape index (κ1) is 17.2. The summed E-state index contributed by atoms with van der Waals surface area (Å²) in [6, 6.07) is 9.22. The molecule has 1 rings (SSSR count). The lowest BCUT2D eigenvalue weighted by Gasteiger charge is -2.27. The van der Waals surface area contributed by atoms with E-state index >= 15 is 0 Å². The van der Waals surface area contributed by atoms with Gasteiger partial charge in [-0.3, -0.25) is 9.69 Å². The highest BCUT2D eigenvalue weighted by atomic mass is 16.5. The summed E-state index contributed by atoms with van der Waals surface area (Å²) in [5.41, 5.74) is 1.28. The average molecular weight is 289 g/mol. The van der Waals surface area contributed by atoms with Gasteiger partial charge in [0.2, 0.25) is 5.91 Å². The quantitative estimate of drug-likeness (QED) is 0.797. The lowest BCUT2D eigenvalue weighted by Crippen LogP contribution is -2.41. The normalized spacial score (nSPS) is 12.0. The van der Waals surface area contributed by atoms with Gasteiger partial charge in [-0.2, -0.15) is 5.26 Å². The molecule has 5 heteroatoms. The number of carbonyl (C=O) groups excluding carboxylic acids is 1. The second kappa shape index (κ2) is 9.11. The highest BCUT2D eigenvalue weighted by molar-refractivity contribution is 5.92. The van der Waals surface area contributed by atoms with Crippen LogP contribution in [0.15, 0.2) is 24.3 Å². The van der Waals surface area contributed by atoms with Gasteiger partial charge in [-0.1, -0.05) is 6.92 Å². The molecule has 0 spiro atoms. The molecule has 0 aromatic heterocycles. The van der Waals surface area contributed by atoms with Crippen LogP contribution < -0.4 is 5.32 Å². The number of hydrogen-bond acceptors (Lipinski definition) is 4. The van der Waals surface area contributed by atoms with Gasteiger partial charge in [-0.05, 0) is 37.6 Å². The number of ether oxygens (including phenoxy) is 1. The van der Waals surface area contributed by atoms with Gasteiger partial charge < -0.3 is 10.1 Å². The number of nitrogens with zero attached hydrogens (tertiary/aromatic N) is 2. The van der Waals surface area contributed by atoms with E-state index < -0.39 is 0 Å². The van der Waals surface area contributed by atoms with E-state index in [0.29, 0.717) is 30.4 Å². The zero-order valence-corrected chi connectivity index (χ0v) is 12.9. The summed E-state index contributed by atoms with van der Waals surface area (Å²) in [6.07, 6.45) is 0.980. The molecule has 0 aliphatic heterocycles. The minimum Gasteiger partial charge on any atom is -0.383 e. The van der Waals surface area contributed by atoms with Gasteiger partial charge in [-0.15, -0.1) is 0 Å². The number of methoxy groups -OCH3 is 1. The lowest BCUT2D eigenvalue weighted by atomic mass is 10.2. The number of nitrogens with one attached hydrogen (secondary N) is 1. The van der Waals surface area contributed by atoms with Crippen molar-refractivity contribution < 1.29 is 9.53 Å². The minimum absolute atomic E-state index is 0.0592. The number of carbonyl (C=O) groups is 1. The van der Waals surface area contributed by atoms with Crippen LogP contribution in [-0.4, -0.2) is 43.7 Å². The predicted octanol–water partition coefficient (Wildman–Crippen LogP) is 2.24. The Bertz CT molecular complexity index is 479. The maximum Gasteiger partial charge on any atom is 0.238 e. The van der Waals surface area contributed by atoms with Crippen molar-refractivity contribution in [3.8, 4) is 6.07 Å². The van der Waals surface area contributed by atoms with Crippen LogP contribution in [0.3, 0.4) is 0 Å². The zero-order valence-electron chi connectivity index (χ0n) is 12.9. The van der Waals surface area contributed by atoms with Gasteiger partial charge in [0.15, 0.2) is 0 Å². The van der Waals surface area contributed by atoms with Crippen molar-refractivity contribution in [2.24, 2.45) is 0 Å². The molecule has 1 aromatic carbocycles. The molecule has 114 valence electrons. The Hall–Kier alpha value is -1.90. The molecule has 1 N–H and O–H groups in total. The summed E-state index contributed by atoms with van der Waals surface area (Å²) in [5.74, 6) is -0.0592. The van der Waals surface area contributed by atoms with Crippen molar-refractivity contribution in [2.75, 3.05) is 32.1 Å². The molecule has 0 fully saturated rings. The van der Waals surface area contributed by atoms with Crippen molar-refractivity contribution in [3.63, 3.8) is 0 Å². The second-order valence-electron chi connectivity index (χ2n) is 4.96. The Labute approximate surface area is 126 Å². The smallest absolute Gasteiger partial charge is 0.238 e. The fraction of sp³-hybridized carbons (Fsp3) is 0.500. The molecule has 1 unspecified atom stereocenters. The van der Waals surface area contributed by atoms with E-state index in [4.69, 9.17) is 10.00 Å². The van der Waals surface area contributed by atoms with Crippen LogP contribution in [0.25, 0.3) is 0 Å². The Morgan fingerprint density at radius 2 is 2.10 bits per heavy atom. The van der Waals surface area contributed by atoms with E-state index in [1.807, 2.05) is 0 Å². The number of anilines is 1. The van der Waals surface area contributed by atoms with Crippen LogP contribution in [0.2, 0.25) is 0 Å². The molecular weight excluding hydrogens is 266 g/mol. The Balaban J connectivity index is 2.57. The third-order valence-electron chi connectivity index (χ3n) is 3.44. The summed E-state index contributed by atoms with van der Waals surface area (Å²) >= 11 is 0. The maximum atomic E-state index is 12.1. The van der Waals surface area contributed by atoms with E-state index in [1.54, 1.807) is 31.4 Å². The fourth-order valence-corrected chi connectivity index (χ4v) is 1.94. The summed E-state index contributed by atoms with van der Waals surface area (Å²) < 4.78 is 5.09. The topological polar surface area (TPSA) is 65.4 Å². The summed E-state index contributed by atoms with van der Waals surface area (Å²) in [7, 11) is 1.66. The van der Waals surface area contributed by atoms with E-state index in [-0.39, 0.29) is 5.91 Å². The first-order chi connectivity index (χ1) is 10.1. The Kier molecular flexibility index (Phi) is 7.44. The highest BCUT2D eigenvalue weighted by Gasteiger charge is 2.15. The monoisotopic (exact) mass is 289 g/mol. The van der Waals surface area contributed by atoms with E-state index in [9.17, 15) is 4.79 Å². The largest absolute Gasteiger partial charge is 0.383 e. The number of nitriles is 1. The molecular formula is C16H23N3O2. The van der Waals surface area contributed by atoms with Crippen LogP contribution in [-0.2, 0) is 9.53 Å². The molecule has 1 atom stereocenters. The first-order valence-corrected chi connectivity index (χ1v) is 7.13. The molecule has 0 heterocycles. The number of benzene rings is 1. The molecule has 0 radical (unpaired) electrons. The van der Waals surface area contributed by atoms with Gasteiger partial charge in [-0.25, -0.2) is 0 Å². The van der Waals surface area contributed by atoms with Gasteiger partial charge in [0.05, 0.1) is 24.8 Å². The van der Waals surface area contributed by atoms with Crippen molar-refractivity contribution in [2.45, 2.75) is 26.3 Å². The van der Waals surface area contributed by atoms with Gasteiger partial charge in [0.1, 0.15) is 0 Å². The fourth-order valence-electron chi connectivity index (χ4n) is 1.94. The molecule has 21 heavy (non-hydrogen) atoms. The molecule has 0 saturated heterocycles. The van der Waals surface area contributed by atoms with Crippen LogP contribution in [0, 0.1) is 11.3 Å². The standard InChI is InChI=1S/C16H23N3O2/c1-4-13(2)19(9-10-21-3)12-16(20)18-15-7-5-14(11-17)6-8-15/h5-8,13H,4,9-10,12H2,1-3H3,(H,18,20). The first-order valence-electron chi connectivity index (χ1n) is 7.13. The average Bonchev–Trinajstić information content (AvgIpc) is 2.51. The predicted molar refractivity (Wildman–Crippen MR) is 83.0 cm³/mol. The van der Waals surface area contributed by atoms with Crippen LogP contribution in [0.5, 0.6) is 0 Å². The van der Waals surface area contributed by atoms with Crippen molar-refractivity contribution in [3.05, 3.63) is 29.8 Å². The number of amides is 1. The van der Waals surface area contributed by atoms with Crippen LogP contribution in [0.4, 0.5) is 5.69 Å².